The molecule has 31 heavy (non-hydrogen) atoms. The highest BCUT2D eigenvalue weighted by Gasteiger charge is 2.41. The Morgan fingerprint density at radius 1 is 1.13 bits per heavy atom. The van der Waals surface area contributed by atoms with Gasteiger partial charge in [0.2, 0.25) is 11.9 Å². The van der Waals surface area contributed by atoms with E-state index in [0.29, 0.717) is 6.04 Å². The van der Waals surface area contributed by atoms with Gasteiger partial charge in [0.15, 0.2) is 5.82 Å². The topological polar surface area (TPSA) is 86.7 Å². The molecule has 2 aromatic rings. The number of nitrogens with zero attached hydrogens (tertiary/aromatic N) is 5. The van der Waals surface area contributed by atoms with Crippen molar-refractivity contribution < 1.29 is 14.4 Å². The van der Waals surface area contributed by atoms with Crippen molar-refractivity contribution in [3.63, 3.8) is 0 Å². The Morgan fingerprint density at radius 3 is 2.55 bits per heavy atom. The zero-order chi connectivity index (χ0) is 22.0. The Bertz CT molecular complexity index is 998. The number of rotatable bonds is 3. The van der Waals surface area contributed by atoms with Gasteiger partial charge in [0, 0.05) is 25.3 Å². The summed E-state index contributed by atoms with van der Waals surface area (Å²) in [6, 6.07) is 8.75. The van der Waals surface area contributed by atoms with Crippen LogP contribution in [0.15, 0.2) is 30.5 Å². The molecule has 162 valence electrons. The van der Waals surface area contributed by atoms with Crippen LogP contribution in [0.3, 0.4) is 0 Å². The van der Waals surface area contributed by atoms with Crippen molar-refractivity contribution in [3.05, 3.63) is 36.0 Å². The first-order valence-corrected chi connectivity index (χ1v) is 10.9. The molecule has 2 aliphatic heterocycles. The van der Waals surface area contributed by atoms with Crippen molar-refractivity contribution in [2.75, 3.05) is 28.3 Å². The van der Waals surface area contributed by atoms with E-state index in [2.05, 4.69) is 46.0 Å². The molecule has 0 spiro atoms. The lowest BCUT2D eigenvalue weighted by molar-refractivity contribution is -0.191. The summed E-state index contributed by atoms with van der Waals surface area (Å²) in [5, 5.41) is 0. The number of aromatic nitrogens is 2. The van der Waals surface area contributed by atoms with Crippen LogP contribution in [0.5, 0.6) is 0 Å². The van der Waals surface area contributed by atoms with Crippen LogP contribution >= 0.6 is 0 Å². The molecule has 0 saturated heterocycles. The van der Waals surface area contributed by atoms with Gasteiger partial charge in [0.25, 0.3) is 0 Å². The van der Waals surface area contributed by atoms with Crippen LogP contribution in [-0.4, -0.2) is 47.7 Å². The minimum atomic E-state index is -0.130. The summed E-state index contributed by atoms with van der Waals surface area (Å²) in [4.78, 5) is 45.2. The number of amides is 1. The van der Waals surface area contributed by atoms with Crippen LogP contribution in [0.1, 0.15) is 44.6 Å². The number of hydrogen-bond acceptors (Lipinski definition) is 7. The van der Waals surface area contributed by atoms with E-state index in [0.717, 1.165) is 49.7 Å². The number of fused-ring (bicyclic) bond motifs is 2. The van der Waals surface area contributed by atoms with Crippen molar-refractivity contribution in [3.8, 4) is 0 Å². The van der Waals surface area contributed by atoms with Gasteiger partial charge in [-0.2, -0.15) is 14.6 Å². The van der Waals surface area contributed by atoms with Crippen LogP contribution in [0.4, 0.5) is 23.1 Å². The third-order valence-corrected chi connectivity index (χ3v) is 6.53. The predicted octanol–water partition coefficient (Wildman–Crippen LogP) is 3.09. The molecule has 0 radical (unpaired) electrons. The summed E-state index contributed by atoms with van der Waals surface area (Å²) in [5.74, 6) is 1.82. The fraction of sp³-hybridized carbons (Fsp3) is 0.478. The number of carbonyl (C=O) groups excluding carboxylic acids is 3. The van der Waals surface area contributed by atoms with Gasteiger partial charge >= 0.3 is 6.15 Å². The van der Waals surface area contributed by atoms with Gasteiger partial charge in [-0.1, -0.05) is 38.0 Å². The summed E-state index contributed by atoms with van der Waals surface area (Å²) in [6.07, 6.45) is 8.63. The van der Waals surface area contributed by atoms with Gasteiger partial charge in [-0.15, -0.1) is 0 Å². The van der Waals surface area contributed by atoms with E-state index in [-0.39, 0.29) is 18.1 Å². The summed E-state index contributed by atoms with van der Waals surface area (Å²) in [5.41, 5.74) is 3.37. The highest BCUT2D eigenvalue weighted by molar-refractivity contribution is 6.04. The number of carbonyl (C=O) groups is 1. The molecule has 8 nitrogen and oxygen atoms in total. The first-order chi connectivity index (χ1) is 15.1. The first-order valence-electron chi connectivity index (χ1n) is 10.9. The van der Waals surface area contributed by atoms with Gasteiger partial charge in [-0.25, -0.2) is 4.98 Å². The Kier molecular flexibility index (Phi) is 6.00. The maximum absolute atomic E-state index is 13.0. The molecule has 1 saturated carbocycles. The van der Waals surface area contributed by atoms with Gasteiger partial charge in [-0.05, 0) is 37.3 Å². The third kappa shape index (κ3) is 3.68. The molecule has 0 N–H and O–H groups in total. The largest absolute Gasteiger partial charge is 0.373 e. The second kappa shape index (κ2) is 8.86. The van der Waals surface area contributed by atoms with Crippen LogP contribution in [-0.2, 0) is 20.8 Å². The summed E-state index contributed by atoms with van der Waals surface area (Å²) in [7, 11) is 1.85. The van der Waals surface area contributed by atoms with Gasteiger partial charge in [0.05, 0.1) is 6.20 Å². The molecule has 1 fully saturated rings. The molecule has 1 atom stereocenters. The summed E-state index contributed by atoms with van der Waals surface area (Å²) in [6.45, 7) is 3.00. The first kappa shape index (κ1) is 21.0. The molecule has 8 heteroatoms. The van der Waals surface area contributed by atoms with E-state index < -0.39 is 0 Å². The molecule has 3 heterocycles. The monoisotopic (exact) mass is 421 g/mol. The van der Waals surface area contributed by atoms with E-state index in [4.69, 9.17) is 14.6 Å². The molecule has 1 aromatic heterocycles. The molecule has 1 aliphatic carbocycles. The zero-order valence-corrected chi connectivity index (χ0v) is 18.0. The Balaban J connectivity index is 0.000000730. The van der Waals surface area contributed by atoms with Crippen LogP contribution in [0.2, 0.25) is 0 Å². The van der Waals surface area contributed by atoms with Crippen molar-refractivity contribution in [1.29, 1.82) is 0 Å². The normalized spacial score (nSPS) is 20.1. The van der Waals surface area contributed by atoms with E-state index in [1.165, 1.54) is 24.1 Å². The maximum Gasteiger partial charge on any atom is 0.373 e. The third-order valence-electron chi connectivity index (χ3n) is 6.53. The fourth-order valence-electron chi connectivity index (χ4n) is 5.05. The van der Waals surface area contributed by atoms with Crippen LogP contribution in [0, 0.1) is 0 Å². The van der Waals surface area contributed by atoms with Crippen LogP contribution in [0.25, 0.3) is 0 Å². The van der Waals surface area contributed by atoms with E-state index >= 15 is 0 Å². The molecule has 1 amide bonds. The van der Waals surface area contributed by atoms with E-state index in [1.54, 1.807) is 4.90 Å². The fourth-order valence-corrected chi connectivity index (χ4v) is 5.05. The quantitative estimate of drug-likeness (QED) is 0.753. The van der Waals surface area contributed by atoms with E-state index in [1.807, 2.05) is 13.2 Å². The summed E-state index contributed by atoms with van der Waals surface area (Å²) < 4.78 is 0. The minimum Gasteiger partial charge on any atom is -0.340 e. The average Bonchev–Trinajstić information content (AvgIpc) is 3.46. The lowest BCUT2D eigenvalue weighted by Crippen LogP contribution is -2.55. The number of anilines is 4. The summed E-state index contributed by atoms with van der Waals surface area (Å²) >= 11 is 0. The van der Waals surface area contributed by atoms with E-state index in [9.17, 15) is 4.79 Å². The number of benzene rings is 1. The van der Waals surface area contributed by atoms with Crippen molar-refractivity contribution >= 4 is 35.2 Å². The van der Waals surface area contributed by atoms with Crippen molar-refractivity contribution in [2.45, 2.75) is 57.5 Å². The van der Waals surface area contributed by atoms with Gasteiger partial charge in [0.1, 0.15) is 11.7 Å². The van der Waals surface area contributed by atoms with Gasteiger partial charge in [-0.3, -0.25) is 4.79 Å². The standard InChI is InChI=1S/C22H27N5O.CO2/c1-3-17-21(28)25(2)19-14-23-22(24-20(19)27(17)16-9-5-6-10-16)26-13-12-15-8-4-7-11-18(15)26;2-1-3/h4,7-8,11,14,16-17H,3,5-6,9-10,12-13H2,1-2H3;/t17-;/m1./s1. The number of hydrogen-bond donors (Lipinski definition) is 0. The van der Waals surface area contributed by atoms with Crippen molar-refractivity contribution in [1.82, 2.24) is 9.97 Å². The van der Waals surface area contributed by atoms with Crippen LogP contribution < -0.4 is 14.7 Å². The maximum atomic E-state index is 13.0. The smallest absolute Gasteiger partial charge is 0.340 e. The molecule has 3 aliphatic rings. The molecule has 0 bridgehead atoms. The highest BCUT2D eigenvalue weighted by atomic mass is 16.2. The zero-order valence-electron chi connectivity index (χ0n) is 18.0. The van der Waals surface area contributed by atoms with Gasteiger partial charge < -0.3 is 14.7 Å². The minimum absolute atomic E-state index is 0.130. The average molecular weight is 422 g/mol. The molecule has 0 unspecified atom stereocenters. The lowest BCUT2D eigenvalue weighted by Gasteiger charge is -2.43. The SMILES string of the molecule is CC[C@@H]1C(=O)N(C)c2cnc(N3CCc4ccccc43)nc2N1C1CCCC1.O=C=O. The Hall–Kier alpha value is -3.25. The second-order valence-electron chi connectivity index (χ2n) is 8.16. The molecule has 5 rings (SSSR count). The molecular weight excluding hydrogens is 394 g/mol. The molecular formula is C23H27N5O3. The number of para-hydroxylation sites is 1. The lowest BCUT2D eigenvalue weighted by atomic mass is 10.0. The van der Waals surface area contributed by atoms with Crippen molar-refractivity contribution in [2.24, 2.45) is 0 Å². The predicted molar refractivity (Wildman–Crippen MR) is 116 cm³/mol. The number of likely N-dealkylation sites (N-methyl/N-ethyl adjacent to an activating group) is 1. The Morgan fingerprint density at radius 2 is 1.84 bits per heavy atom. The Labute approximate surface area is 181 Å². The molecule has 1 aromatic carbocycles. The second-order valence-corrected chi connectivity index (χ2v) is 8.16. The highest BCUT2D eigenvalue weighted by Crippen LogP contribution is 2.41.